The number of aryl methyl sites for hydroxylation is 1. The van der Waals surface area contributed by atoms with E-state index in [1.165, 1.54) is 10.9 Å². The first-order valence-corrected chi connectivity index (χ1v) is 9.73. The minimum atomic E-state index is -5.08. The van der Waals surface area contributed by atoms with Crippen molar-refractivity contribution in [1.29, 1.82) is 0 Å². The van der Waals surface area contributed by atoms with Crippen LogP contribution in [0.1, 0.15) is 12.5 Å². The molecule has 34 heavy (non-hydrogen) atoms. The predicted molar refractivity (Wildman–Crippen MR) is 111 cm³/mol. The first-order chi connectivity index (χ1) is 16.0. The van der Waals surface area contributed by atoms with Gasteiger partial charge in [-0.1, -0.05) is 24.3 Å². The minimum absolute atomic E-state index is 0.299. The molecule has 0 spiro atoms. The zero-order valence-corrected chi connectivity index (χ0v) is 17.8. The van der Waals surface area contributed by atoms with Gasteiger partial charge in [-0.2, -0.15) is 32.1 Å². The molecule has 184 valence electrons. The molecular weight excluding hydrogens is 467 g/mol. The molecule has 3 rings (SSSR count). The molecule has 2 heterocycles. The summed E-state index contributed by atoms with van der Waals surface area (Å²) >= 11 is 0. The molecule has 0 aliphatic heterocycles. The smallest absolute Gasteiger partial charge is 0.475 e. The second-order valence-corrected chi connectivity index (χ2v) is 6.85. The van der Waals surface area contributed by atoms with E-state index >= 15 is 0 Å². The Hall–Kier alpha value is -3.81. The Morgan fingerprint density at radius 1 is 1.12 bits per heavy atom. The molecule has 0 amide bonds. The maximum atomic E-state index is 12.7. The zero-order valence-electron chi connectivity index (χ0n) is 17.8. The van der Waals surface area contributed by atoms with Gasteiger partial charge in [-0.05, 0) is 18.1 Å². The molecule has 3 aromatic rings. The minimum Gasteiger partial charge on any atom is -0.475 e. The number of hydrogen-bond acceptors (Lipinski definition) is 5. The fourth-order valence-electron chi connectivity index (χ4n) is 2.66. The highest BCUT2D eigenvalue weighted by Gasteiger charge is 2.38. The maximum absolute atomic E-state index is 12.7. The molecule has 9 nitrogen and oxygen atoms in total. The summed E-state index contributed by atoms with van der Waals surface area (Å²) in [5.41, 5.74) is 7.45. The van der Waals surface area contributed by atoms with E-state index in [1.54, 1.807) is 6.20 Å². The van der Waals surface area contributed by atoms with Crippen LogP contribution in [0.25, 0.3) is 11.1 Å². The van der Waals surface area contributed by atoms with Crippen molar-refractivity contribution in [3.05, 3.63) is 70.7 Å². The molecule has 0 saturated carbocycles. The van der Waals surface area contributed by atoms with E-state index in [1.807, 2.05) is 42.1 Å². The number of nitrogens with zero attached hydrogens (tertiary/aromatic N) is 5. The van der Waals surface area contributed by atoms with Crippen LogP contribution in [0.5, 0.6) is 0 Å². The number of rotatable bonds is 7. The van der Waals surface area contributed by atoms with Gasteiger partial charge in [0.2, 0.25) is 0 Å². The monoisotopic (exact) mass is 488 g/mol. The summed E-state index contributed by atoms with van der Waals surface area (Å²) in [6.07, 6.45) is -1.84. The van der Waals surface area contributed by atoms with Gasteiger partial charge in [0.05, 0.1) is 19.3 Å². The van der Waals surface area contributed by atoms with Crippen LogP contribution >= 0.6 is 0 Å². The normalized spacial score (nSPS) is 11.0. The van der Waals surface area contributed by atoms with Crippen LogP contribution in [-0.4, -0.2) is 47.9 Å². The van der Waals surface area contributed by atoms with E-state index in [4.69, 9.17) is 15.6 Å². The second kappa shape index (κ2) is 11.4. The third-order valence-corrected chi connectivity index (χ3v) is 4.49. The Labute approximate surface area is 189 Å². The third kappa shape index (κ3) is 7.10. The molecular formula is C20H21F5N6O3. The molecule has 0 saturated heterocycles. The Bertz CT molecular complexity index is 1190. The molecule has 0 bridgehead atoms. The Balaban J connectivity index is 0.000000509. The lowest BCUT2D eigenvalue weighted by molar-refractivity contribution is -0.192. The average molecular weight is 488 g/mol. The van der Waals surface area contributed by atoms with Gasteiger partial charge in [-0.3, -0.25) is 9.25 Å². The number of hydrogen-bond donors (Lipinski definition) is 2. The van der Waals surface area contributed by atoms with E-state index in [2.05, 4.69) is 10.2 Å². The van der Waals surface area contributed by atoms with E-state index in [0.717, 1.165) is 27.9 Å². The summed E-state index contributed by atoms with van der Waals surface area (Å²) < 4.78 is 61.4. The molecule has 0 fully saturated rings. The lowest BCUT2D eigenvalue weighted by Gasteiger charge is -2.04. The van der Waals surface area contributed by atoms with Gasteiger partial charge in [0, 0.05) is 30.4 Å². The summed E-state index contributed by atoms with van der Waals surface area (Å²) in [6.45, 7) is 2.49. The highest BCUT2D eigenvalue weighted by Crippen LogP contribution is 2.19. The number of nitrogens with two attached hydrogens (primary N) is 1. The number of carbonyl (C=O) groups is 1. The van der Waals surface area contributed by atoms with Gasteiger partial charge in [-0.15, -0.1) is 0 Å². The molecule has 0 atom stereocenters. The largest absolute Gasteiger partial charge is 0.490 e. The van der Waals surface area contributed by atoms with Crippen molar-refractivity contribution in [2.24, 2.45) is 5.73 Å². The lowest BCUT2D eigenvalue weighted by atomic mass is 10.1. The van der Waals surface area contributed by atoms with Crippen LogP contribution in [-0.2, 0) is 24.4 Å². The quantitative estimate of drug-likeness (QED) is 0.494. The van der Waals surface area contributed by atoms with E-state index in [0.29, 0.717) is 6.54 Å². The van der Waals surface area contributed by atoms with Gasteiger partial charge < -0.3 is 10.8 Å². The highest BCUT2D eigenvalue weighted by atomic mass is 19.4. The Kier molecular flexibility index (Phi) is 8.83. The van der Waals surface area contributed by atoms with E-state index in [-0.39, 0.29) is 18.7 Å². The van der Waals surface area contributed by atoms with Crippen LogP contribution in [0.4, 0.5) is 22.0 Å². The molecule has 14 heteroatoms. The number of benzene rings is 1. The summed E-state index contributed by atoms with van der Waals surface area (Å²) in [7, 11) is 0. The molecule has 0 unspecified atom stereocenters. The van der Waals surface area contributed by atoms with Gasteiger partial charge in [0.15, 0.2) is 0 Å². The topological polar surface area (TPSA) is 121 Å². The number of carboxylic acids is 1. The van der Waals surface area contributed by atoms with Crippen molar-refractivity contribution >= 4 is 5.97 Å². The average Bonchev–Trinajstić information content (AvgIpc) is 3.39. The summed E-state index contributed by atoms with van der Waals surface area (Å²) in [4.78, 5) is 21.2. The number of aliphatic carboxylic acids is 1. The van der Waals surface area contributed by atoms with E-state index < -0.39 is 23.9 Å². The SMILES string of the molecule is CCn1cc(-c2ccc(Cn3cnn(CC(CN)=C(F)F)c3=O)cc2)cn1.O=C(O)C(F)(F)F. The fraction of sp³-hybridized carbons (Fsp3) is 0.300. The zero-order chi connectivity index (χ0) is 25.5. The Morgan fingerprint density at radius 2 is 1.74 bits per heavy atom. The fourth-order valence-corrected chi connectivity index (χ4v) is 2.66. The molecule has 3 N–H and O–H groups in total. The van der Waals surface area contributed by atoms with Crippen LogP contribution in [0.3, 0.4) is 0 Å². The van der Waals surface area contributed by atoms with Crippen molar-refractivity contribution in [1.82, 2.24) is 24.1 Å². The van der Waals surface area contributed by atoms with Crippen molar-refractivity contribution in [2.75, 3.05) is 6.54 Å². The maximum Gasteiger partial charge on any atom is 0.490 e. The van der Waals surface area contributed by atoms with Crippen LogP contribution in [0.15, 0.2) is 59.4 Å². The highest BCUT2D eigenvalue weighted by molar-refractivity contribution is 5.73. The van der Waals surface area contributed by atoms with Gasteiger partial charge in [0.25, 0.3) is 6.08 Å². The molecule has 1 aromatic carbocycles. The number of aromatic nitrogens is 5. The summed E-state index contributed by atoms with van der Waals surface area (Å²) in [6, 6.07) is 7.73. The molecule has 2 aromatic heterocycles. The molecule has 0 radical (unpaired) electrons. The number of halogens is 5. The third-order valence-electron chi connectivity index (χ3n) is 4.49. The van der Waals surface area contributed by atoms with Gasteiger partial charge in [0.1, 0.15) is 6.33 Å². The van der Waals surface area contributed by atoms with Crippen molar-refractivity contribution in [2.45, 2.75) is 32.7 Å². The Morgan fingerprint density at radius 3 is 2.21 bits per heavy atom. The second-order valence-electron chi connectivity index (χ2n) is 6.85. The molecule has 0 aliphatic rings. The summed E-state index contributed by atoms with van der Waals surface area (Å²) in [5.74, 6) is -2.76. The lowest BCUT2D eigenvalue weighted by Crippen LogP contribution is -2.27. The van der Waals surface area contributed by atoms with Crippen LogP contribution < -0.4 is 11.4 Å². The van der Waals surface area contributed by atoms with Crippen molar-refractivity contribution in [3.8, 4) is 11.1 Å². The van der Waals surface area contributed by atoms with E-state index in [9.17, 15) is 26.7 Å². The first kappa shape index (κ1) is 26.4. The standard InChI is InChI=1S/C18H20F2N6O.C2HF3O2/c1-2-25-10-16(8-22-25)14-5-3-13(4-6-14)9-24-12-23-26(18(24)27)11-15(7-21)17(19)20;3-2(4,5)1(6)7/h3-6,8,10,12H,2,7,9,11,21H2,1H3;(H,6,7). The number of carboxylic acid groups (broad SMARTS) is 1. The summed E-state index contributed by atoms with van der Waals surface area (Å²) in [5, 5.41) is 15.3. The van der Waals surface area contributed by atoms with Crippen molar-refractivity contribution < 1.29 is 31.9 Å². The number of alkyl halides is 3. The van der Waals surface area contributed by atoms with Gasteiger partial charge >= 0.3 is 17.8 Å². The molecule has 0 aliphatic carbocycles. The predicted octanol–water partition coefficient (Wildman–Crippen LogP) is 2.72. The van der Waals surface area contributed by atoms with Crippen molar-refractivity contribution in [3.63, 3.8) is 0 Å². The first-order valence-electron chi connectivity index (χ1n) is 9.73. The van der Waals surface area contributed by atoms with Crippen LogP contribution in [0, 0.1) is 0 Å². The van der Waals surface area contributed by atoms with Gasteiger partial charge in [-0.25, -0.2) is 14.3 Å². The van der Waals surface area contributed by atoms with Crippen LogP contribution in [0.2, 0.25) is 0 Å².